The second-order valence-corrected chi connectivity index (χ2v) is 12.9. The maximum Gasteiger partial charge on any atom is 0.241 e. The van der Waals surface area contributed by atoms with Crippen molar-refractivity contribution in [1.29, 1.82) is 5.41 Å². The van der Waals surface area contributed by atoms with Gasteiger partial charge in [0, 0.05) is 23.2 Å². The number of sulfonamides is 1. The highest BCUT2D eigenvalue weighted by Gasteiger charge is 2.27. The second kappa shape index (κ2) is 11.8. The van der Waals surface area contributed by atoms with Gasteiger partial charge < -0.3 is 16.8 Å². The number of carbonyl (C=O) groups is 1. The van der Waals surface area contributed by atoms with Gasteiger partial charge >= 0.3 is 0 Å². The molecule has 4 aromatic rings. The van der Waals surface area contributed by atoms with Crippen molar-refractivity contribution < 1.29 is 13.2 Å². The Balaban J connectivity index is 1.40. The Morgan fingerprint density at radius 1 is 1.02 bits per heavy atom. The largest absolute Gasteiger partial charge is 0.384 e. The zero-order valence-electron chi connectivity index (χ0n) is 21.8. The van der Waals surface area contributed by atoms with E-state index in [4.69, 9.17) is 21.9 Å². The first kappa shape index (κ1) is 27.9. The summed E-state index contributed by atoms with van der Waals surface area (Å²) in [6.45, 7) is 0. The van der Waals surface area contributed by atoms with Gasteiger partial charge in [0.15, 0.2) is 0 Å². The summed E-state index contributed by atoms with van der Waals surface area (Å²) in [5, 5.41) is 11.3. The number of nitrogen functional groups attached to an aromatic ring is 1. The van der Waals surface area contributed by atoms with Gasteiger partial charge in [0.25, 0.3) is 0 Å². The van der Waals surface area contributed by atoms with E-state index in [1.54, 1.807) is 30.3 Å². The fourth-order valence-corrected chi connectivity index (χ4v) is 7.28. The highest BCUT2D eigenvalue weighted by atomic mass is 32.2. The molecule has 1 aromatic heterocycles. The average Bonchev–Trinajstić information content (AvgIpc) is 3.38. The summed E-state index contributed by atoms with van der Waals surface area (Å²) in [6, 6.07) is 20.6. The molecule has 1 amide bonds. The van der Waals surface area contributed by atoms with Crippen molar-refractivity contribution in [1.82, 2.24) is 9.71 Å². The minimum atomic E-state index is -4.00. The van der Waals surface area contributed by atoms with Crippen LogP contribution >= 0.6 is 11.3 Å². The molecule has 0 bridgehead atoms. The van der Waals surface area contributed by atoms with Crippen LogP contribution in [0.5, 0.6) is 0 Å². The van der Waals surface area contributed by atoms with Gasteiger partial charge in [-0.15, -0.1) is 11.3 Å². The molecule has 1 fully saturated rings. The van der Waals surface area contributed by atoms with Crippen molar-refractivity contribution >= 4 is 49.0 Å². The van der Waals surface area contributed by atoms with Gasteiger partial charge in [0.05, 0.1) is 21.2 Å². The predicted molar refractivity (Wildman–Crippen MR) is 159 cm³/mol. The molecule has 208 valence electrons. The van der Waals surface area contributed by atoms with E-state index in [1.807, 2.05) is 30.3 Å². The lowest BCUT2D eigenvalue weighted by atomic mass is 9.86. The van der Waals surface area contributed by atoms with Crippen molar-refractivity contribution in [3.63, 3.8) is 0 Å². The molecule has 5 rings (SSSR count). The monoisotopic (exact) mass is 576 g/mol. The molecule has 0 unspecified atom stereocenters. The number of fused-ring (bicyclic) bond motifs is 1. The molecule has 1 heterocycles. The zero-order valence-corrected chi connectivity index (χ0v) is 23.5. The third-order valence-electron chi connectivity index (χ3n) is 7.14. The molecule has 1 atom stereocenters. The molecule has 1 saturated carbocycles. The molecule has 11 heteroatoms. The number of aromatic nitrogens is 1. The number of amides is 1. The van der Waals surface area contributed by atoms with Crippen molar-refractivity contribution in [2.75, 3.05) is 5.32 Å². The Morgan fingerprint density at radius 3 is 2.52 bits per heavy atom. The summed E-state index contributed by atoms with van der Waals surface area (Å²) < 4.78 is 31.1. The normalized spacial score (nSPS) is 18.3. The quantitative estimate of drug-likeness (QED) is 0.147. The average molecular weight is 577 g/mol. The number of thiazole rings is 1. The Labute approximate surface area is 237 Å². The lowest BCUT2D eigenvalue weighted by molar-refractivity contribution is -0.120. The summed E-state index contributed by atoms with van der Waals surface area (Å²) >= 11 is 1.43. The molecule has 0 spiro atoms. The molecular weight excluding hydrogens is 544 g/mol. The Morgan fingerprint density at radius 2 is 1.77 bits per heavy atom. The van der Waals surface area contributed by atoms with Gasteiger partial charge in [-0.1, -0.05) is 36.4 Å². The van der Waals surface area contributed by atoms with Crippen LogP contribution in [-0.2, 0) is 21.2 Å². The summed E-state index contributed by atoms with van der Waals surface area (Å²) in [5.41, 5.74) is 14.2. The summed E-state index contributed by atoms with van der Waals surface area (Å²) in [7, 11) is -4.00. The first-order chi connectivity index (χ1) is 19.2. The summed E-state index contributed by atoms with van der Waals surface area (Å²) in [4.78, 5) is 17.6. The number of nitrogens with two attached hydrogens (primary N) is 2. The van der Waals surface area contributed by atoms with Crippen LogP contribution in [0.4, 0.5) is 5.69 Å². The van der Waals surface area contributed by atoms with Gasteiger partial charge in [-0.2, -0.15) is 0 Å². The predicted octanol–water partition coefficient (Wildman–Crippen LogP) is 4.30. The Bertz CT molecular complexity index is 1610. The molecule has 1 aliphatic carbocycles. The van der Waals surface area contributed by atoms with E-state index in [0.717, 1.165) is 41.5 Å². The van der Waals surface area contributed by atoms with Crippen molar-refractivity contribution in [3.8, 4) is 0 Å². The molecule has 7 N–H and O–H groups in total. The van der Waals surface area contributed by atoms with E-state index in [0.29, 0.717) is 22.7 Å². The topological polar surface area (TPSA) is 164 Å². The highest BCUT2D eigenvalue weighted by Crippen LogP contribution is 2.30. The minimum absolute atomic E-state index is 0.0413. The van der Waals surface area contributed by atoms with Crippen LogP contribution in [0.2, 0.25) is 0 Å². The molecule has 0 aliphatic heterocycles. The van der Waals surface area contributed by atoms with E-state index in [2.05, 4.69) is 10.0 Å². The highest BCUT2D eigenvalue weighted by molar-refractivity contribution is 7.89. The van der Waals surface area contributed by atoms with E-state index >= 15 is 0 Å². The molecular formula is C29H32N6O3S2. The van der Waals surface area contributed by atoms with Crippen LogP contribution in [-0.4, -0.2) is 31.2 Å². The maximum atomic E-state index is 13.7. The first-order valence-corrected chi connectivity index (χ1v) is 15.5. The van der Waals surface area contributed by atoms with Gasteiger partial charge in [-0.3, -0.25) is 10.2 Å². The smallest absolute Gasteiger partial charge is 0.241 e. The third kappa shape index (κ3) is 6.56. The van der Waals surface area contributed by atoms with Gasteiger partial charge in [-0.25, -0.2) is 18.1 Å². The maximum absolute atomic E-state index is 13.7. The van der Waals surface area contributed by atoms with Gasteiger partial charge in [0.1, 0.15) is 10.8 Å². The van der Waals surface area contributed by atoms with E-state index in [9.17, 15) is 13.2 Å². The number of amidine groups is 1. The fourth-order valence-electron chi connectivity index (χ4n) is 4.94. The first-order valence-electron chi connectivity index (χ1n) is 13.2. The number of nitrogens with one attached hydrogen (secondary N) is 3. The van der Waals surface area contributed by atoms with E-state index in [1.165, 1.54) is 23.5 Å². The molecule has 1 aliphatic rings. The summed E-state index contributed by atoms with van der Waals surface area (Å²) in [5.74, 6) is -0.312. The van der Waals surface area contributed by atoms with Crippen LogP contribution in [0.25, 0.3) is 10.2 Å². The zero-order chi connectivity index (χ0) is 28.3. The van der Waals surface area contributed by atoms with Crippen molar-refractivity contribution in [2.24, 2.45) is 17.4 Å². The van der Waals surface area contributed by atoms with Crippen LogP contribution in [0.15, 0.2) is 77.7 Å². The Hall–Kier alpha value is -3.64. The molecule has 40 heavy (non-hydrogen) atoms. The van der Waals surface area contributed by atoms with E-state index in [-0.39, 0.29) is 28.6 Å². The number of anilines is 1. The van der Waals surface area contributed by atoms with Crippen LogP contribution < -0.4 is 21.5 Å². The second-order valence-electron chi connectivity index (χ2n) is 10.1. The minimum Gasteiger partial charge on any atom is -0.384 e. The van der Waals surface area contributed by atoms with Crippen molar-refractivity contribution in [2.45, 2.75) is 49.1 Å². The number of nitrogens with zero attached hydrogens (tertiary/aromatic N) is 1. The lowest BCUT2D eigenvalue weighted by Gasteiger charge is -2.25. The van der Waals surface area contributed by atoms with Crippen molar-refractivity contribution in [3.05, 3.63) is 88.9 Å². The standard InChI is InChI=1S/C29H32N6O3S2/c30-21-13-11-19(12-14-21)28(36)33-22-7-4-8-23(17-22)40(37,38)35-25(16-18-5-3-6-20(15-18)27(31)32)29-34-24-9-1-2-10-26(24)39-29/h1-10,15,17,19,21,25,35H,11-14,16,30H2,(H3,31,32)(H,33,36)/t19-,21-,25-/m1/s1. The molecule has 0 saturated heterocycles. The molecule has 0 radical (unpaired) electrons. The van der Waals surface area contributed by atoms with Crippen LogP contribution in [0.1, 0.15) is 47.9 Å². The number of carbonyl (C=O) groups excluding carboxylic acids is 1. The number of hydrogen-bond acceptors (Lipinski definition) is 7. The molecule has 9 nitrogen and oxygen atoms in total. The number of benzene rings is 3. The fraction of sp³-hybridized carbons (Fsp3) is 0.276. The van der Waals surface area contributed by atoms with Gasteiger partial charge in [0.2, 0.25) is 15.9 Å². The van der Waals surface area contributed by atoms with Crippen LogP contribution in [0.3, 0.4) is 0 Å². The van der Waals surface area contributed by atoms with E-state index < -0.39 is 16.1 Å². The number of para-hydroxylation sites is 1. The van der Waals surface area contributed by atoms with Gasteiger partial charge in [-0.05, 0) is 74.1 Å². The Kier molecular flexibility index (Phi) is 8.27. The van der Waals surface area contributed by atoms with Crippen LogP contribution in [0, 0.1) is 11.3 Å². The summed E-state index contributed by atoms with van der Waals surface area (Å²) in [6.07, 6.45) is 3.36. The SMILES string of the molecule is N=C(N)c1cccc(C[C@@H](NS(=O)(=O)c2cccc(NC(=O)[C@H]3CC[C@H](N)CC3)c2)c2nc3ccccc3s2)c1. The number of rotatable bonds is 9. The third-order valence-corrected chi connectivity index (χ3v) is 9.76. The molecule has 3 aromatic carbocycles. The number of hydrogen-bond donors (Lipinski definition) is 5. The lowest BCUT2D eigenvalue weighted by Crippen LogP contribution is -2.32.